The van der Waals surface area contributed by atoms with Crippen molar-refractivity contribution in [1.82, 2.24) is 4.72 Å². The van der Waals surface area contributed by atoms with Gasteiger partial charge >= 0.3 is 0 Å². The highest BCUT2D eigenvalue weighted by Crippen LogP contribution is 2.22. The first-order valence-electron chi connectivity index (χ1n) is 4.93. The average Bonchev–Trinajstić information content (AvgIpc) is 2.21. The molecule has 0 fully saturated rings. The molecule has 0 saturated carbocycles. The van der Waals surface area contributed by atoms with Crippen molar-refractivity contribution in [3.63, 3.8) is 0 Å². The molecule has 0 aliphatic heterocycles. The van der Waals surface area contributed by atoms with Crippen LogP contribution in [0.4, 0.5) is 5.69 Å². The molecule has 0 aromatic heterocycles. The highest BCUT2D eigenvalue weighted by atomic mass is 35.5. The lowest BCUT2D eigenvalue weighted by atomic mass is 10.3. The molecule has 96 valence electrons. The van der Waals surface area contributed by atoms with Gasteiger partial charge in [0.1, 0.15) is 4.90 Å². The molecule has 0 aliphatic carbocycles. The van der Waals surface area contributed by atoms with Crippen LogP contribution in [0.25, 0.3) is 0 Å². The van der Waals surface area contributed by atoms with Crippen molar-refractivity contribution in [2.75, 3.05) is 19.5 Å². The molecule has 1 unspecified atom stereocenters. The monoisotopic (exact) mass is 278 g/mol. The van der Waals surface area contributed by atoms with E-state index < -0.39 is 10.0 Å². The van der Waals surface area contributed by atoms with Gasteiger partial charge in [-0.25, -0.2) is 13.1 Å². The van der Waals surface area contributed by atoms with E-state index in [0.717, 1.165) is 0 Å². The normalized spacial score (nSPS) is 13.6. The largest absolute Gasteiger partial charge is 0.398 e. The van der Waals surface area contributed by atoms with E-state index in [9.17, 15) is 8.42 Å². The molecule has 0 saturated heterocycles. The van der Waals surface area contributed by atoms with E-state index in [2.05, 4.69) is 4.72 Å². The summed E-state index contributed by atoms with van der Waals surface area (Å²) < 4.78 is 31.3. The predicted octanol–water partition coefficient (Wildman–Crippen LogP) is 1.24. The van der Waals surface area contributed by atoms with Crippen LogP contribution >= 0.6 is 11.6 Å². The first-order valence-corrected chi connectivity index (χ1v) is 6.79. The lowest BCUT2D eigenvalue weighted by Crippen LogP contribution is -2.35. The maximum absolute atomic E-state index is 12.0. The summed E-state index contributed by atoms with van der Waals surface area (Å²) in [6.45, 7) is 1.97. The van der Waals surface area contributed by atoms with Crippen LogP contribution in [0.5, 0.6) is 0 Å². The molecule has 1 atom stereocenters. The zero-order chi connectivity index (χ0) is 13.1. The summed E-state index contributed by atoms with van der Waals surface area (Å²) in [5.74, 6) is 0. The Hall–Kier alpha value is -0.820. The van der Waals surface area contributed by atoms with Gasteiger partial charge in [-0.1, -0.05) is 11.6 Å². The molecule has 0 heterocycles. The molecule has 1 rings (SSSR count). The Morgan fingerprint density at radius 3 is 2.76 bits per heavy atom. The Labute approximate surface area is 106 Å². The summed E-state index contributed by atoms with van der Waals surface area (Å²) in [5, 5.41) is 0.318. The van der Waals surface area contributed by atoms with Crippen molar-refractivity contribution < 1.29 is 13.2 Å². The number of ether oxygens (including phenoxy) is 1. The number of hydrogen-bond acceptors (Lipinski definition) is 4. The van der Waals surface area contributed by atoms with E-state index in [-0.39, 0.29) is 23.2 Å². The molecule has 0 spiro atoms. The smallest absolute Gasteiger partial charge is 0.242 e. The van der Waals surface area contributed by atoms with Gasteiger partial charge in [0.05, 0.1) is 12.3 Å². The summed E-state index contributed by atoms with van der Waals surface area (Å²) in [6.07, 6.45) is 0. The number of hydrogen-bond donors (Lipinski definition) is 2. The molecule has 0 bridgehead atoms. The molecule has 17 heavy (non-hydrogen) atoms. The summed E-state index contributed by atoms with van der Waals surface area (Å²) in [7, 11) is -2.18. The highest BCUT2D eigenvalue weighted by Gasteiger charge is 2.20. The number of nitrogen functional groups attached to an aromatic ring is 1. The second-order valence-electron chi connectivity index (χ2n) is 3.66. The van der Waals surface area contributed by atoms with Crippen molar-refractivity contribution in [3.8, 4) is 0 Å². The lowest BCUT2D eigenvalue weighted by Gasteiger charge is -2.14. The molecule has 1 aromatic rings. The molecule has 0 radical (unpaired) electrons. The topological polar surface area (TPSA) is 81.4 Å². The number of nitrogens with two attached hydrogens (primary N) is 1. The molecule has 3 N–H and O–H groups in total. The fourth-order valence-corrected chi connectivity index (χ4v) is 2.98. The zero-order valence-corrected chi connectivity index (χ0v) is 11.2. The van der Waals surface area contributed by atoms with Crippen LogP contribution in [-0.2, 0) is 14.8 Å². The van der Waals surface area contributed by atoms with Gasteiger partial charge < -0.3 is 10.5 Å². The van der Waals surface area contributed by atoms with Gasteiger partial charge in [0.25, 0.3) is 0 Å². The third-order valence-corrected chi connectivity index (χ3v) is 3.92. The summed E-state index contributed by atoms with van der Waals surface area (Å²) in [5.41, 5.74) is 5.77. The lowest BCUT2D eigenvalue weighted by molar-refractivity contribution is 0.180. The van der Waals surface area contributed by atoms with Gasteiger partial charge in [0.2, 0.25) is 10.0 Å². The number of halogens is 1. The van der Waals surface area contributed by atoms with Gasteiger partial charge in [-0.2, -0.15) is 0 Å². The van der Waals surface area contributed by atoms with E-state index >= 15 is 0 Å². The van der Waals surface area contributed by atoms with Gasteiger partial charge in [0, 0.05) is 18.2 Å². The number of nitrogens with one attached hydrogen (secondary N) is 1. The Bertz CT molecular complexity index is 490. The molecular formula is C10H15ClN2O3S. The Morgan fingerprint density at radius 2 is 2.18 bits per heavy atom. The maximum Gasteiger partial charge on any atom is 0.242 e. The summed E-state index contributed by atoms with van der Waals surface area (Å²) >= 11 is 5.75. The minimum Gasteiger partial charge on any atom is -0.398 e. The molecule has 1 aromatic carbocycles. The summed E-state index contributed by atoms with van der Waals surface area (Å²) in [4.78, 5) is -0.0204. The van der Waals surface area contributed by atoms with Gasteiger partial charge in [-0.15, -0.1) is 0 Å². The van der Waals surface area contributed by atoms with Crippen LogP contribution in [0.2, 0.25) is 5.02 Å². The fraction of sp³-hybridized carbons (Fsp3) is 0.400. The van der Waals surface area contributed by atoms with Crippen molar-refractivity contribution >= 4 is 27.3 Å². The quantitative estimate of drug-likeness (QED) is 0.794. The third-order valence-electron chi connectivity index (χ3n) is 2.04. The number of rotatable bonds is 5. The minimum absolute atomic E-state index is 0.0204. The average molecular weight is 279 g/mol. The van der Waals surface area contributed by atoms with Crippen LogP contribution in [0.1, 0.15) is 6.92 Å². The molecule has 7 heteroatoms. The fourth-order valence-electron chi connectivity index (χ4n) is 1.35. The van der Waals surface area contributed by atoms with Crippen molar-refractivity contribution in [2.45, 2.75) is 17.9 Å². The van der Waals surface area contributed by atoms with Crippen LogP contribution < -0.4 is 10.5 Å². The van der Waals surface area contributed by atoms with Crippen molar-refractivity contribution in [2.24, 2.45) is 0 Å². The standard InChI is InChI=1S/C10H15ClN2O3S/c1-7(6-16-2)13-17(14,15)10-5-8(11)3-4-9(10)12/h3-5,7,13H,6,12H2,1-2H3. The number of methoxy groups -OCH3 is 1. The first-order chi connectivity index (χ1) is 7.86. The van der Waals surface area contributed by atoms with E-state index in [0.29, 0.717) is 5.02 Å². The molecule has 0 aliphatic rings. The minimum atomic E-state index is -3.67. The number of anilines is 1. The number of sulfonamides is 1. The van der Waals surface area contributed by atoms with Crippen molar-refractivity contribution in [1.29, 1.82) is 0 Å². The van der Waals surface area contributed by atoms with E-state index in [4.69, 9.17) is 22.1 Å². The Kier molecular flexibility index (Phi) is 4.76. The van der Waals surface area contributed by atoms with E-state index in [1.165, 1.54) is 25.3 Å². The van der Waals surface area contributed by atoms with Crippen LogP contribution in [0.3, 0.4) is 0 Å². The van der Waals surface area contributed by atoms with Crippen LogP contribution in [0, 0.1) is 0 Å². The van der Waals surface area contributed by atoms with E-state index in [1.54, 1.807) is 6.92 Å². The first kappa shape index (κ1) is 14.2. The second kappa shape index (κ2) is 5.68. The number of benzene rings is 1. The van der Waals surface area contributed by atoms with Crippen LogP contribution in [-0.4, -0.2) is 28.2 Å². The van der Waals surface area contributed by atoms with Gasteiger partial charge in [-0.3, -0.25) is 0 Å². The van der Waals surface area contributed by atoms with E-state index in [1.807, 2.05) is 0 Å². The predicted molar refractivity (Wildman–Crippen MR) is 67.5 cm³/mol. The SMILES string of the molecule is COCC(C)NS(=O)(=O)c1cc(Cl)ccc1N. The molecule has 5 nitrogen and oxygen atoms in total. The second-order valence-corrected chi connectivity index (χ2v) is 5.78. The van der Waals surface area contributed by atoms with Crippen molar-refractivity contribution in [3.05, 3.63) is 23.2 Å². The zero-order valence-electron chi connectivity index (χ0n) is 9.60. The summed E-state index contributed by atoms with van der Waals surface area (Å²) in [6, 6.07) is 3.97. The Morgan fingerprint density at radius 1 is 1.53 bits per heavy atom. The maximum atomic E-state index is 12.0. The Balaban J connectivity index is 3.01. The van der Waals surface area contributed by atoms with Gasteiger partial charge in [-0.05, 0) is 25.1 Å². The van der Waals surface area contributed by atoms with Gasteiger partial charge in [0.15, 0.2) is 0 Å². The third kappa shape index (κ3) is 3.85. The highest BCUT2D eigenvalue weighted by molar-refractivity contribution is 7.89. The molecular weight excluding hydrogens is 264 g/mol. The molecule has 0 amide bonds. The van der Waals surface area contributed by atoms with Crippen LogP contribution in [0.15, 0.2) is 23.1 Å².